The van der Waals surface area contributed by atoms with Gasteiger partial charge in [0.25, 0.3) is 0 Å². The number of rotatable bonds is 7. The van der Waals surface area contributed by atoms with Crippen LogP contribution in [0.25, 0.3) is 0 Å². The molecule has 1 heterocycles. The smallest absolute Gasteiger partial charge is 0.416 e. The Balaban J connectivity index is 1.42. The third-order valence-electron chi connectivity index (χ3n) is 4.52. The van der Waals surface area contributed by atoms with Gasteiger partial charge < -0.3 is 14.8 Å². The summed E-state index contributed by atoms with van der Waals surface area (Å²) in [7, 11) is 0. The predicted molar refractivity (Wildman–Crippen MR) is 97.9 cm³/mol. The van der Waals surface area contributed by atoms with Crippen molar-refractivity contribution in [3.63, 3.8) is 0 Å². The van der Waals surface area contributed by atoms with Crippen LogP contribution in [-0.4, -0.2) is 25.2 Å². The summed E-state index contributed by atoms with van der Waals surface area (Å²) in [4.78, 5) is 12.0. The second-order valence-electron chi connectivity index (χ2n) is 6.74. The number of carbonyl (C=O) groups is 1. The molecule has 1 amide bonds. The quantitative estimate of drug-likeness (QED) is 0.770. The molecule has 0 saturated carbocycles. The maximum Gasteiger partial charge on any atom is 0.416 e. The number of hydrogen-bond acceptors (Lipinski definition) is 3. The van der Waals surface area contributed by atoms with Gasteiger partial charge in [-0.05, 0) is 48.2 Å². The molecular weight excluding hydrogens is 371 g/mol. The summed E-state index contributed by atoms with van der Waals surface area (Å²) < 4.78 is 48.9. The molecule has 1 N–H and O–H groups in total. The molecule has 0 radical (unpaired) electrons. The molecule has 0 aromatic heterocycles. The van der Waals surface area contributed by atoms with Gasteiger partial charge in [0.1, 0.15) is 12.4 Å². The number of nitrogens with one attached hydrogen (secondary N) is 1. The van der Waals surface area contributed by atoms with E-state index in [2.05, 4.69) is 5.32 Å². The first-order valence-corrected chi connectivity index (χ1v) is 9.16. The van der Waals surface area contributed by atoms with Crippen LogP contribution in [0, 0.1) is 0 Å². The number of hydrogen-bond donors (Lipinski definition) is 1. The van der Waals surface area contributed by atoms with Crippen molar-refractivity contribution in [3.8, 4) is 5.75 Å². The summed E-state index contributed by atoms with van der Waals surface area (Å²) >= 11 is 0. The molecule has 7 heteroatoms. The van der Waals surface area contributed by atoms with E-state index in [1.54, 1.807) is 0 Å². The first-order chi connectivity index (χ1) is 13.4. The van der Waals surface area contributed by atoms with Gasteiger partial charge in [0.2, 0.25) is 5.91 Å². The lowest BCUT2D eigenvalue weighted by Crippen LogP contribution is -2.24. The maximum absolute atomic E-state index is 12.6. The molecule has 4 nitrogen and oxygen atoms in total. The Hall–Kier alpha value is -2.54. The Morgan fingerprint density at radius 2 is 1.75 bits per heavy atom. The van der Waals surface area contributed by atoms with Gasteiger partial charge in [0.05, 0.1) is 18.1 Å². The van der Waals surface area contributed by atoms with E-state index >= 15 is 0 Å². The third kappa shape index (κ3) is 5.99. The number of benzene rings is 2. The monoisotopic (exact) mass is 393 g/mol. The van der Waals surface area contributed by atoms with Crippen LogP contribution in [0.2, 0.25) is 0 Å². The van der Waals surface area contributed by atoms with Gasteiger partial charge in [-0.3, -0.25) is 4.79 Å². The molecule has 2 aromatic carbocycles. The van der Waals surface area contributed by atoms with Gasteiger partial charge in [0, 0.05) is 13.2 Å². The lowest BCUT2D eigenvalue weighted by molar-refractivity contribution is -0.137. The average molecular weight is 393 g/mol. The van der Waals surface area contributed by atoms with Crippen LogP contribution in [-0.2, 0) is 28.7 Å². The Bertz CT molecular complexity index is 767. The minimum Gasteiger partial charge on any atom is -0.491 e. The van der Waals surface area contributed by atoms with E-state index < -0.39 is 11.7 Å². The first-order valence-electron chi connectivity index (χ1n) is 9.16. The molecular formula is C21H22F3NO3. The highest BCUT2D eigenvalue weighted by molar-refractivity contribution is 5.78. The predicted octanol–water partition coefficient (Wildman–Crippen LogP) is 4.12. The average Bonchev–Trinajstić information content (AvgIpc) is 3.19. The third-order valence-corrected chi connectivity index (χ3v) is 4.52. The van der Waals surface area contributed by atoms with Gasteiger partial charge in [-0.15, -0.1) is 0 Å². The summed E-state index contributed by atoms with van der Waals surface area (Å²) in [5.74, 6) is 0.494. The number of alkyl halides is 3. The van der Waals surface area contributed by atoms with E-state index in [1.807, 2.05) is 24.3 Å². The molecule has 3 rings (SSSR count). The van der Waals surface area contributed by atoms with E-state index in [9.17, 15) is 18.0 Å². The van der Waals surface area contributed by atoms with Crippen molar-refractivity contribution in [2.75, 3.05) is 13.2 Å². The van der Waals surface area contributed by atoms with Crippen molar-refractivity contribution >= 4 is 5.91 Å². The van der Waals surface area contributed by atoms with Crippen molar-refractivity contribution in [1.29, 1.82) is 0 Å². The van der Waals surface area contributed by atoms with Crippen LogP contribution in [0.3, 0.4) is 0 Å². The van der Waals surface area contributed by atoms with Crippen LogP contribution in [0.4, 0.5) is 13.2 Å². The van der Waals surface area contributed by atoms with Crippen LogP contribution in [0.5, 0.6) is 5.75 Å². The van der Waals surface area contributed by atoms with Crippen molar-refractivity contribution < 1.29 is 27.4 Å². The summed E-state index contributed by atoms with van der Waals surface area (Å²) in [6, 6.07) is 12.0. The van der Waals surface area contributed by atoms with Gasteiger partial charge in [-0.1, -0.05) is 24.3 Å². The molecule has 1 aliphatic heterocycles. The van der Waals surface area contributed by atoms with Crippen LogP contribution in [0.1, 0.15) is 29.5 Å². The highest BCUT2D eigenvalue weighted by atomic mass is 19.4. The zero-order valence-electron chi connectivity index (χ0n) is 15.3. The SMILES string of the molecule is O=C(Cc1ccc(C(F)(F)F)cc1)NCc1ccc(OCC2CCCO2)cc1. The lowest BCUT2D eigenvalue weighted by Gasteiger charge is -2.12. The van der Waals surface area contributed by atoms with Crippen LogP contribution < -0.4 is 10.1 Å². The second-order valence-corrected chi connectivity index (χ2v) is 6.74. The zero-order valence-corrected chi connectivity index (χ0v) is 15.3. The fraction of sp³-hybridized carbons (Fsp3) is 0.381. The molecule has 0 aliphatic carbocycles. The van der Waals surface area contributed by atoms with Crippen LogP contribution in [0.15, 0.2) is 48.5 Å². The van der Waals surface area contributed by atoms with E-state index in [0.717, 1.165) is 42.9 Å². The Morgan fingerprint density at radius 3 is 2.36 bits per heavy atom. The highest BCUT2D eigenvalue weighted by Gasteiger charge is 2.29. The van der Waals surface area contributed by atoms with E-state index in [0.29, 0.717) is 18.7 Å². The topological polar surface area (TPSA) is 47.6 Å². The molecule has 28 heavy (non-hydrogen) atoms. The van der Waals surface area contributed by atoms with Crippen molar-refractivity contribution in [3.05, 3.63) is 65.2 Å². The van der Waals surface area contributed by atoms with Gasteiger partial charge >= 0.3 is 6.18 Å². The molecule has 1 unspecified atom stereocenters. The second kappa shape index (κ2) is 9.10. The molecule has 1 aliphatic rings. The normalized spacial score (nSPS) is 16.8. The fourth-order valence-electron chi connectivity index (χ4n) is 2.93. The molecule has 1 fully saturated rings. The minimum atomic E-state index is -4.37. The van der Waals surface area contributed by atoms with Crippen LogP contribution >= 0.6 is 0 Å². The van der Waals surface area contributed by atoms with E-state index in [4.69, 9.17) is 9.47 Å². The summed E-state index contributed by atoms with van der Waals surface area (Å²) in [6.45, 7) is 1.66. The minimum absolute atomic E-state index is 0.0285. The van der Waals surface area contributed by atoms with Crippen molar-refractivity contribution in [2.24, 2.45) is 0 Å². The molecule has 1 atom stereocenters. The standard InChI is InChI=1S/C21H22F3NO3/c22-21(23,24)17-7-3-15(4-8-17)12-20(26)25-13-16-5-9-18(10-6-16)28-14-19-2-1-11-27-19/h3-10,19H,1-2,11-14H2,(H,25,26). The van der Waals surface area contributed by atoms with Gasteiger partial charge in [-0.2, -0.15) is 13.2 Å². The first kappa shape index (κ1) is 20.2. The summed E-state index contributed by atoms with van der Waals surface area (Å²) in [5, 5.41) is 2.77. The molecule has 0 bridgehead atoms. The number of ether oxygens (including phenoxy) is 2. The van der Waals surface area contributed by atoms with Gasteiger partial charge in [0.15, 0.2) is 0 Å². The number of halogens is 3. The Labute approximate surface area is 161 Å². The number of amides is 1. The summed E-state index contributed by atoms with van der Waals surface area (Å²) in [5.41, 5.74) is 0.715. The summed E-state index contributed by atoms with van der Waals surface area (Å²) in [6.07, 6.45) is -2.10. The maximum atomic E-state index is 12.6. The molecule has 1 saturated heterocycles. The van der Waals surface area contributed by atoms with E-state index in [-0.39, 0.29) is 18.4 Å². The van der Waals surface area contributed by atoms with E-state index in [1.165, 1.54) is 12.1 Å². The fourth-order valence-corrected chi connectivity index (χ4v) is 2.93. The number of carbonyl (C=O) groups excluding carboxylic acids is 1. The van der Waals surface area contributed by atoms with Crippen molar-refractivity contribution in [1.82, 2.24) is 5.32 Å². The Kier molecular flexibility index (Phi) is 6.57. The Morgan fingerprint density at radius 1 is 1.07 bits per heavy atom. The van der Waals surface area contributed by atoms with Crippen molar-refractivity contribution in [2.45, 2.75) is 38.1 Å². The zero-order chi connectivity index (χ0) is 20.0. The largest absolute Gasteiger partial charge is 0.491 e. The molecule has 150 valence electrons. The highest BCUT2D eigenvalue weighted by Crippen LogP contribution is 2.29. The van der Waals surface area contributed by atoms with Gasteiger partial charge in [-0.25, -0.2) is 0 Å². The molecule has 0 spiro atoms. The lowest BCUT2D eigenvalue weighted by atomic mass is 10.1. The molecule has 2 aromatic rings.